The van der Waals surface area contributed by atoms with E-state index in [0.29, 0.717) is 0 Å². The molecule has 21 heavy (non-hydrogen) atoms. The molecule has 0 amide bonds. The molecule has 0 spiro atoms. The van der Waals surface area contributed by atoms with Gasteiger partial charge >= 0.3 is 0 Å². The number of rotatable bonds is 5. The van der Waals surface area contributed by atoms with Crippen molar-refractivity contribution < 1.29 is 0 Å². The predicted molar refractivity (Wildman–Crippen MR) is 89.8 cm³/mol. The lowest BCUT2D eigenvalue weighted by Crippen LogP contribution is -2.13. The average molecular weight is 281 g/mol. The molecular formula is C20H27N. The lowest BCUT2D eigenvalue weighted by atomic mass is 9.87. The molecule has 1 heterocycles. The maximum Gasteiger partial charge on any atom is 0.0475 e. The van der Waals surface area contributed by atoms with Crippen LogP contribution in [-0.2, 0) is 13.0 Å². The Kier molecular flexibility index (Phi) is 4.80. The highest BCUT2D eigenvalue weighted by Gasteiger charge is 2.20. The highest BCUT2D eigenvalue weighted by Crippen LogP contribution is 2.34. The van der Waals surface area contributed by atoms with Crippen LogP contribution in [0.25, 0.3) is 0 Å². The summed E-state index contributed by atoms with van der Waals surface area (Å²) in [6, 6.07) is 15.7. The molecule has 1 aliphatic rings. The number of benzene rings is 1. The summed E-state index contributed by atoms with van der Waals surface area (Å²) in [7, 11) is 0. The van der Waals surface area contributed by atoms with E-state index in [1.807, 2.05) is 0 Å². The van der Waals surface area contributed by atoms with Crippen LogP contribution in [0, 0.1) is 0 Å². The van der Waals surface area contributed by atoms with Crippen LogP contribution in [0.5, 0.6) is 0 Å². The minimum Gasteiger partial charge on any atom is -0.344 e. The summed E-state index contributed by atoms with van der Waals surface area (Å²) in [6.45, 7) is 3.31. The van der Waals surface area contributed by atoms with Crippen LogP contribution < -0.4 is 0 Å². The molecule has 0 unspecified atom stereocenters. The molecule has 2 aromatic rings. The second kappa shape index (κ2) is 6.98. The van der Waals surface area contributed by atoms with Crippen LogP contribution >= 0.6 is 0 Å². The highest BCUT2D eigenvalue weighted by molar-refractivity contribution is 5.24. The second-order valence-corrected chi connectivity index (χ2v) is 6.41. The molecule has 1 fully saturated rings. The summed E-state index contributed by atoms with van der Waals surface area (Å²) in [5, 5.41) is 0. The number of nitrogens with zero attached hydrogens (tertiary/aromatic N) is 1. The van der Waals surface area contributed by atoms with Gasteiger partial charge in [0.1, 0.15) is 0 Å². The Hall–Kier alpha value is -1.50. The molecule has 1 aliphatic carbocycles. The largest absolute Gasteiger partial charge is 0.344 e. The minimum absolute atomic E-state index is 0.785. The van der Waals surface area contributed by atoms with Gasteiger partial charge in [-0.15, -0.1) is 0 Å². The van der Waals surface area contributed by atoms with Gasteiger partial charge in [0.15, 0.2) is 0 Å². The third-order valence-electron chi connectivity index (χ3n) is 4.82. The van der Waals surface area contributed by atoms with Gasteiger partial charge in [0.05, 0.1) is 0 Å². The van der Waals surface area contributed by atoms with Gasteiger partial charge in [-0.3, -0.25) is 0 Å². The first-order chi connectivity index (χ1) is 10.4. The number of hydrogen-bond acceptors (Lipinski definition) is 0. The fourth-order valence-electron chi connectivity index (χ4n) is 3.72. The first-order valence-corrected chi connectivity index (χ1v) is 8.60. The van der Waals surface area contributed by atoms with Crippen molar-refractivity contribution in [1.29, 1.82) is 0 Å². The van der Waals surface area contributed by atoms with Gasteiger partial charge in [-0.2, -0.15) is 0 Å². The maximum atomic E-state index is 2.61. The minimum atomic E-state index is 0.785. The van der Waals surface area contributed by atoms with Crippen molar-refractivity contribution in [3.8, 4) is 0 Å². The van der Waals surface area contributed by atoms with E-state index in [-0.39, 0.29) is 0 Å². The molecule has 0 bridgehead atoms. The van der Waals surface area contributed by atoms with Gasteiger partial charge in [0.25, 0.3) is 0 Å². The first-order valence-electron chi connectivity index (χ1n) is 8.60. The standard InChI is InChI=1S/C20H27N/c1-2-9-19-14-15-20(18-12-7-4-8-13-18)21(19)16-17-10-5-3-6-11-17/h3,5-6,10-11,14-15,18H,2,4,7-9,12-13,16H2,1H3. The van der Waals surface area contributed by atoms with Crippen molar-refractivity contribution in [2.45, 2.75) is 64.3 Å². The predicted octanol–water partition coefficient (Wildman–Crippen LogP) is 5.54. The molecule has 0 saturated heterocycles. The summed E-state index contributed by atoms with van der Waals surface area (Å²) in [5.74, 6) is 0.785. The van der Waals surface area contributed by atoms with Crippen LogP contribution in [0.2, 0.25) is 0 Å². The third kappa shape index (κ3) is 3.40. The van der Waals surface area contributed by atoms with Gasteiger partial charge < -0.3 is 4.57 Å². The molecule has 1 heteroatoms. The van der Waals surface area contributed by atoms with Crippen molar-refractivity contribution in [2.24, 2.45) is 0 Å². The fraction of sp³-hybridized carbons (Fsp3) is 0.500. The Balaban J connectivity index is 1.88. The van der Waals surface area contributed by atoms with Crippen molar-refractivity contribution >= 4 is 0 Å². The molecule has 1 saturated carbocycles. The van der Waals surface area contributed by atoms with E-state index in [0.717, 1.165) is 12.5 Å². The number of hydrogen-bond donors (Lipinski definition) is 0. The Morgan fingerprint density at radius 1 is 0.952 bits per heavy atom. The molecular weight excluding hydrogens is 254 g/mol. The van der Waals surface area contributed by atoms with Crippen molar-refractivity contribution in [3.63, 3.8) is 0 Å². The molecule has 1 aromatic heterocycles. The van der Waals surface area contributed by atoms with Crippen LogP contribution in [0.4, 0.5) is 0 Å². The van der Waals surface area contributed by atoms with Crippen LogP contribution in [0.3, 0.4) is 0 Å². The van der Waals surface area contributed by atoms with Crippen LogP contribution in [-0.4, -0.2) is 4.57 Å². The molecule has 1 aromatic carbocycles. The molecule has 0 radical (unpaired) electrons. The second-order valence-electron chi connectivity index (χ2n) is 6.41. The van der Waals surface area contributed by atoms with Gasteiger partial charge in [-0.05, 0) is 42.9 Å². The lowest BCUT2D eigenvalue weighted by molar-refractivity contribution is 0.424. The zero-order valence-corrected chi connectivity index (χ0v) is 13.2. The van der Waals surface area contributed by atoms with Gasteiger partial charge in [0.2, 0.25) is 0 Å². The summed E-state index contributed by atoms with van der Waals surface area (Å²) in [5.41, 5.74) is 4.52. The summed E-state index contributed by atoms with van der Waals surface area (Å²) >= 11 is 0. The molecule has 0 atom stereocenters. The van der Waals surface area contributed by atoms with Gasteiger partial charge in [0, 0.05) is 17.9 Å². The van der Waals surface area contributed by atoms with Gasteiger partial charge in [-0.25, -0.2) is 0 Å². The lowest BCUT2D eigenvalue weighted by Gasteiger charge is -2.24. The number of aromatic nitrogens is 1. The van der Waals surface area contributed by atoms with E-state index in [2.05, 4.69) is 54.0 Å². The van der Waals surface area contributed by atoms with E-state index in [4.69, 9.17) is 0 Å². The molecule has 0 N–H and O–H groups in total. The zero-order chi connectivity index (χ0) is 14.5. The van der Waals surface area contributed by atoms with Gasteiger partial charge in [-0.1, -0.05) is 62.9 Å². The normalized spacial score (nSPS) is 16.2. The monoisotopic (exact) mass is 281 g/mol. The Morgan fingerprint density at radius 2 is 1.71 bits per heavy atom. The topological polar surface area (TPSA) is 4.93 Å². The summed E-state index contributed by atoms with van der Waals surface area (Å²) in [4.78, 5) is 0. The van der Waals surface area contributed by atoms with E-state index >= 15 is 0 Å². The Labute approximate surface area is 129 Å². The molecule has 0 aliphatic heterocycles. The van der Waals surface area contributed by atoms with Crippen molar-refractivity contribution in [2.75, 3.05) is 0 Å². The van der Waals surface area contributed by atoms with Crippen LogP contribution in [0.15, 0.2) is 42.5 Å². The Bertz CT molecular complexity index is 546. The Morgan fingerprint density at radius 3 is 2.43 bits per heavy atom. The van der Waals surface area contributed by atoms with Crippen molar-refractivity contribution in [3.05, 3.63) is 59.4 Å². The average Bonchev–Trinajstić information content (AvgIpc) is 2.92. The first kappa shape index (κ1) is 14.4. The smallest absolute Gasteiger partial charge is 0.0475 e. The van der Waals surface area contributed by atoms with Crippen LogP contribution in [0.1, 0.15) is 68.3 Å². The molecule has 1 nitrogen and oxygen atoms in total. The third-order valence-corrected chi connectivity index (χ3v) is 4.82. The quantitative estimate of drug-likeness (QED) is 0.678. The zero-order valence-electron chi connectivity index (χ0n) is 13.2. The maximum absolute atomic E-state index is 2.61. The highest BCUT2D eigenvalue weighted by atomic mass is 15.0. The van der Waals surface area contributed by atoms with E-state index in [1.54, 1.807) is 5.69 Å². The SMILES string of the molecule is CCCc1ccc(C2CCCCC2)n1Cc1ccccc1. The van der Waals surface area contributed by atoms with E-state index in [9.17, 15) is 0 Å². The molecule has 3 rings (SSSR count). The fourth-order valence-corrected chi connectivity index (χ4v) is 3.72. The summed E-state index contributed by atoms with van der Waals surface area (Å²) < 4.78 is 2.61. The number of aryl methyl sites for hydroxylation is 1. The van der Waals surface area contributed by atoms with Crippen molar-refractivity contribution in [1.82, 2.24) is 4.57 Å². The molecule has 112 valence electrons. The van der Waals surface area contributed by atoms with E-state index < -0.39 is 0 Å². The van der Waals surface area contributed by atoms with E-state index in [1.165, 1.54) is 56.2 Å². The summed E-state index contributed by atoms with van der Waals surface area (Å²) in [6.07, 6.45) is 9.42.